The Morgan fingerprint density at radius 3 is 2.34 bits per heavy atom. The van der Waals surface area contributed by atoms with Crippen molar-refractivity contribution in [2.24, 2.45) is 0 Å². The van der Waals surface area contributed by atoms with Crippen molar-refractivity contribution in [3.8, 4) is 0 Å². The molecule has 0 amide bonds. The van der Waals surface area contributed by atoms with Crippen molar-refractivity contribution in [2.75, 3.05) is 13.7 Å². The molecule has 0 saturated heterocycles. The van der Waals surface area contributed by atoms with Crippen LogP contribution in [0.4, 0.5) is 0 Å². The van der Waals surface area contributed by atoms with Gasteiger partial charge in [-0.15, -0.1) is 0 Å². The average molecular weight is 450 g/mol. The molecule has 0 fully saturated rings. The minimum absolute atomic E-state index is 0.239. The summed E-state index contributed by atoms with van der Waals surface area (Å²) in [5.41, 5.74) is 4.08. The number of nitrogens with zero attached hydrogens (tertiary/aromatic N) is 2. The summed E-state index contributed by atoms with van der Waals surface area (Å²) in [6.07, 6.45) is 0.555. The molecule has 166 valence electrons. The van der Waals surface area contributed by atoms with Crippen molar-refractivity contribution < 1.29 is 13.2 Å². The van der Waals surface area contributed by atoms with Gasteiger partial charge in [0.1, 0.15) is 5.82 Å². The maximum Gasteiger partial charge on any atom is 0.240 e. The predicted octanol–water partition coefficient (Wildman–Crippen LogP) is 3.93. The SMILES string of the molecule is COC[C@H](Cc1ccccc1)NS(=O)(=O)c1ccc(Cn2c(C)nc3ccccc32)cc1. The summed E-state index contributed by atoms with van der Waals surface area (Å²) >= 11 is 0. The van der Waals surface area contributed by atoms with E-state index in [0.717, 1.165) is 28.0 Å². The van der Waals surface area contributed by atoms with Gasteiger partial charge in [-0.25, -0.2) is 18.1 Å². The molecule has 32 heavy (non-hydrogen) atoms. The van der Waals surface area contributed by atoms with Crippen molar-refractivity contribution in [1.29, 1.82) is 0 Å². The Kier molecular flexibility index (Phi) is 6.69. The Morgan fingerprint density at radius 1 is 0.938 bits per heavy atom. The Bertz CT molecular complexity index is 1280. The number of fused-ring (bicyclic) bond motifs is 1. The minimum Gasteiger partial charge on any atom is -0.383 e. The van der Waals surface area contributed by atoms with E-state index in [4.69, 9.17) is 4.74 Å². The highest BCUT2D eigenvalue weighted by Gasteiger charge is 2.20. The van der Waals surface area contributed by atoms with E-state index in [1.54, 1.807) is 19.2 Å². The highest BCUT2D eigenvalue weighted by Crippen LogP contribution is 2.19. The van der Waals surface area contributed by atoms with Crippen molar-refractivity contribution >= 4 is 21.1 Å². The number of benzene rings is 3. The summed E-state index contributed by atoms with van der Waals surface area (Å²) in [5.74, 6) is 0.924. The Labute approximate surface area is 188 Å². The normalized spacial score (nSPS) is 12.8. The zero-order valence-electron chi connectivity index (χ0n) is 18.2. The molecule has 4 aromatic rings. The lowest BCUT2D eigenvalue weighted by atomic mass is 10.1. The highest BCUT2D eigenvalue weighted by molar-refractivity contribution is 7.89. The number of sulfonamides is 1. The zero-order chi connectivity index (χ0) is 22.6. The molecular weight excluding hydrogens is 422 g/mol. The number of aromatic nitrogens is 2. The fraction of sp³-hybridized carbons (Fsp3) is 0.240. The first-order chi connectivity index (χ1) is 15.5. The van der Waals surface area contributed by atoms with Gasteiger partial charge in [0.15, 0.2) is 0 Å². The van der Waals surface area contributed by atoms with Gasteiger partial charge in [0.25, 0.3) is 0 Å². The third-order valence-corrected chi connectivity index (χ3v) is 6.97. The van der Waals surface area contributed by atoms with Crippen LogP contribution in [0.1, 0.15) is 17.0 Å². The summed E-state index contributed by atoms with van der Waals surface area (Å²) in [4.78, 5) is 4.83. The summed E-state index contributed by atoms with van der Waals surface area (Å²) in [6, 6.07) is 24.4. The number of nitrogens with one attached hydrogen (secondary N) is 1. The molecule has 4 rings (SSSR count). The van der Waals surface area contributed by atoms with Gasteiger partial charge in [-0.3, -0.25) is 0 Å². The van der Waals surface area contributed by atoms with E-state index >= 15 is 0 Å². The van der Waals surface area contributed by atoms with Crippen LogP contribution in [0.2, 0.25) is 0 Å². The molecule has 1 N–H and O–H groups in total. The molecule has 1 aromatic heterocycles. The molecule has 0 radical (unpaired) electrons. The maximum absolute atomic E-state index is 13.0. The van der Waals surface area contributed by atoms with Crippen molar-refractivity contribution in [2.45, 2.75) is 30.8 Å². The second kappa shape index (κ2) is 9.65. The monoisotopic (exact) mass is 449 g/mol. The van der Waals surface area contributed by atoms with Crippen molar-refractivity contribution in [3.05, 3.63) is 95.8 Å². The number of aryl methyl sites for hydroxylation is 1. The topological polar surface area (TPSA) is 73.2 Å². The summed E-state index contributed by atoms with van der Waals surface area (Å²) in [7, 11) is -2.10. The second-order valence-corrected chi connectivity index (χ2v) is 9.56. The van der Waals surface area contributed by atoms with Gasteiger partial charge < -0.3 is 9.30 Å². The van der Waals surface area contributed by atoms with Crippen LogP contribution in [-0.2, 0) is 27.7 Å². The molecule has 0 saturated carbocycles. The third-order valence-electron chi connectivity index (χ3n) is 5.43. The van der Waals surface area contributed by atoms with Gasteiger partial charge in [0.2, 0.25) is 10.0 Å². The first-order valence-electron chi connectivity index (χ1n) is 10.5. The van der Waals surface area contributed by atoms with E-state index in [2.05, 4.69) is 14.3 Å². The van der Waals surface area contributed by atoms with Crippen molar-refractivity contribution in [1.82, 2.24) is 14.3 Å². The van der Waals surface area contributed by atoms with E-state index in [0.29, 0.717) is 19.6 Å². The lowest BCUT2D eigenvalue weighted by Crippen LogP contribution is -2.39. The molecule has 7 heteroatoms. The summed E-state index contributed by atoms with van der Waals surface area (Å²) in [5, 5.41) is 0. The van der Waals surface area contributed by atoms with Crippen LogP contribution in [-0.4, -0.2) is 37.7 Å². The highest BCUT2D eigenvalue weighted by atomic mass is 32.2. The maximum atomic E-state index is 13.0. The van der Waals surface area contributed by atoms with Crippen LogP contribution >= 0.6 is 0 Å². The zero-order valence-corrected chi connectivity index (χ0v) is 19.0. The number of imidazole rings is 1. The van der Waals surface area contributed by atoms with E-state index in [1.165, 1.54) is 0 Å². The number of ether oxygens (including phenoxy) is 1. The Hall–Kier alpha value is -3.00. The largest absolute Gasteiger partial charge is 0.383 e. The second-order valence-electron chi connectivity index (χ2n) is 7.84. The fourth-order valence-electron chi connectivity index (χ4n) is 3.87. The van der Waals surface area contributed by atoms with Gasteiger partial charge in [-0.05, 0) is 48.7 Å². The van der Waals surface area contributed by atoms with Gasteiger partial charge in [0, 0.05) is 19.7 Å². The first kappa shape index (κ1) is 22.2. The van der Waals surface area contributed by atoms with Crippen LogP contribution in [0, 0.1) is 6.92 Å². The molecule has 0 bridgehead atoms. The third kappa shape index (κ3) is 5.07. The summed E-state index contributed by atoms with van der Waals surface area (Å²) in [6.45, 7) is 2.89. The van der Waals surface area contributed by atoms with E-state index < -0.39 is 10.0 Å². The van der Waals surface area contributed by atoms with Crippen LogP contribution in [0.5, 0.6) is 0 Å². The summed E-state index contributed by atoms with van der Waals surface area (Å²) < 4.78 is 36.1. The van der Waals surface area contributed by atoms with Crippen LogP contribution < -0.4 is 4.72 Å². The van der Waals surface area contributed by atoms with Crippen LogP contribution in [0.15, 0.2) is 83.8 Å². The molecular formula is C25H27N3O3S. The van der Waals surface area contributed by atoms with Gasteiger partial charge >= 0.3 is 0 Å². The fourth-order valence-corrected chi connectivity index (χ4v) is 5.09. The van der Waals surface area contributed by atoms with Gasteiger partial charge in [-0.1, -0.05) is 54.6 Å². The molecule has 1 atom stereocenters. The Balaban J connectivity index is 1.50. The first-order valence-corrected chi connectivity index (χ1v) is 12.0. The smallest absolute Gasteiger partial charge is 0.240 e. The average Bonchev–Trinajstić information content (AvgIpc) is 3.10. The molecule has 0 aliphatic rings. The van der Waals surface area contributed by atoms with Gasteiger partial charge in [0.05, 0.1) is 22.5 Å². The lowest BCUT2D eigenvalue weighted by molar-refractivity contribution is 0.174. The molecule has 0 aliphatic carbocycles. The Morgan fingerprint density at radius 2 is 1.62 bits per heavy atom. The number of rotatable bonds is 9. The van der Waals surface area contributed by atoms with Crippen LogP contribution in [0.25, 0.3) is 11.0 Å². The molecule has 3 aromatic carbocycles. The number of para-hydroxylation sites is 2. The molecule has 6 nitrogen and oxygen atoms in total. The minimum atomic E-state index is -3.67. The predicted molar refractivity (Wildman–Crippen MR) is 126 cm³/mol. The standard InChI is InChI=1S/C25H27N3O3S/c1-19-26-24-10-6-7-11-25(24)28(19)17-21-12-14-23(15-13-21)32(29,30)27-22(18-31-2)16-20-8-4-3-5-9-20/h3-15,22,27H,16-18H2,1-2H3/t22-/m0/s1. The van der Waals surface area contributed by atoms with E-state index in [-0.39, 0.29) is 10.9 Å². The molecule has 0 spiro atoms. The quantitative estimate of drug-likeness (QED) is 0.420. The molecule has 1 heterocycles. The van der Waals surface area contributed by atoms with E-state index in [1.807, 2.05) is 73.7 Å². The number of hydrogen-bond acceptors (Lipinski definition) is 4. The van der Waals surface area contributed by atoms with Crippen molar-refractivity contribution in [3.63, 3.8) is 0 Å². The lowest BCUT2D eigenvalue weighted by Gasteiger charge is -2.18. The van der Waals surface area contributed by atoms with Crippen LogP contribution in [0.3, 0.4) is 0 Å². The molecule has 0 unspecified atom stereocenters. The molecule has 0 aliphatic heterocycles. The van der Waals surface area contributed by atoms with Gasteiger partial charge in [-0.2, -0.15) is 0 Å². The van der Waals surface area contributed by atoms with E-state index in [9.17, 15) is 8.42 Å². The number of hydrogen-bond donors (Lipinski definition) is 1. The number of methoxy groups -OCH3 is 1.